The number of aliphatic hydroxyl groups excluding tert-OH is 1. The second kappa shape index (κ2) is 8.24. The fourth-order valence-corrected chi connectivity index (χ4v) is 2.23. The molecule has 3 N–H and O–H groups in total. The van der Waals surface area contributed by atoms with E-state index in [9.17, 15) is 9.90 Å². The molecule has 2 rings (SSSR count). The zero-order chi connectivity index (χ0) is 16.7. The predicted molar refractivity (Wildman–Crippen MR) is 86.1 cm³/mol. The van der Waals surface area contributed by atoms with Crippen molar-refractivity contribution in [2.75, 3.05) is 7.11 Å². The molecule has 0 aliphatic carbocycles. The lowest BCUT2D eigenvalue weighted by Gasteiger charge is -2.17. The van der Waals surface area contributed by atoms with Crippen LogP contribution in [0.1, 0.15) is 30.8 Å². The molecule has 0 radical (unpaired) electrons. The molecule has 0 saturated heterocycles. The summed E-state index contributed by atoms with van der Waals surface area (Å²) in [7, 11) is 1.60. The highest BCUT2D eigenvalue weighted by Crippen LogP contribution is 2.18. The van der Waals surface area contributed by atoms with Crippen LogP contribution in [0.25, 0.3) is 0 Å². The Kier molecular flexibility index (Phi) is 6.05. The van der Waals surface area contributed by atoms with E-state index in [-0.39, 0.29) is 12.1 Å². The number of methoxy groups -OCH3 is 1. The van der Waals surface area contributed by atoms with Crippen molar-refractivity contribution in [2.45, 2.75) is 32.0 Å². The molecule has 0 spiro atoms. The smallest absolute Gasteiger partial charge is 0.315 e. The van der Waals surface area contributed by atoms with Gasteiger partial charge in [-0.05, 0) is 36.8 Å². The van der Waals surface area contributed by atoms with Crippen molar-refractivity contribution in [3.05, 3.63) is 54.0 Å². The van der Waals surface area contributed by atoms with Gasteiger partial charge in [0.1, 0.15) is 17.6 Å². The zero-order valence-electron chi connectivity index (χ0n) is 13.3. The van der Waals surface area contributed by atoms with Crippen LogP contribution in [0, 0.1) is 0 Å². The molecular formula is C17H22N2O4. The van der Waals surface area contributed by atoms with Gasteiger partial charge in [-0.15, -0.1) is 0 Å². The minimum Gasteiger partial charge on any atom is -0.497 e. The van der Waals surface area contributed by atoms with Crippen LogP contribution in [-0.4, -0.2) is 24.3 Å². The summed E-state index contributed by atoms with van der Waals surface area (Å²) in [6.07, 6.45) is 1.15. The first-order chi connectivity index (χ1) is 11.1. The number of ether oxygens (including phenoxy) is 1. The van der Waals surface area contributed by atoms with E-state index in [1.807, 2.05) is 31.2 Å². The molecule has 0 aliphatic heterocycles. The summed E-state index contributed by atoms with van der Waals surface area (Å²) in [5, 5.41) is 15.5. The van der Waals surface area contributed by atoms with E-state index < -0.39 is 6.10 Å². The Labute approximate surface area is 135 Å². The molecule has 2 amide bonds. The fraction of sp³-hybridized carbons (Fsp3) is 0.353. The van der Waals surface area contributed by atoms with Crippen LogP contribution in [-0.2, 0) is 6.54 Å². The third-order valence-corrected chi connectivity index (χ3v) is 3.41. The summed E-state index contributed by atoms with van der Waals surface area (Å²) in [5.74, 6) is 1.25. The van der Waals surface area contributed by atoms with E-state index in [0.29, 0.717) is 18.7 Å². The number of amides is 2. The number of carbonyl (C=O) groups is 1. The highest BCUT2D eigenvalue weighted by atomic mass is 16.5. The van der Waals surface area contributed by atoms with E-state index in [1.165, 1.54) is 6.26 Å². The molecule has 2 atom stereocenters. The molecule has 124 valence electrons. The van der Waals surface area contributed by atoms with Crippen molar-refractivity contribution in [2.24, 2.45) is 0 Å². The zero-order valence-corrected chi connectivity index (χ0v) is 13.3. The molecule has 0 aliphatic rings. The summed E-state index contributed by atoms with van der Waals surface area (Å²) >= 11 is 0. The first-order valence-electron chi connectivity index (χ1n) is 7.47. The van der Waals surface area contributed by atoms with Gasteiger partial charge in [-0.2, -0.15) is 0 Å². The van der Waals surface area contributed by atoms with Crippen LogP contribution < -0.4 is 15.4 Å². The van der Waals surface area contributed by atoms with Gasteiger partial charge in [-0.3, -0.25) is 0 Å². The number of furan rings is 1. The van der Waals surface area contributed by atoms with Gasteiger partial charge in [0.05, 0.1) is 13.4 Å². The topological polar surface area (TPSA) is 83.7 Å². The van der Waals surface area contributed by atoms with Crippen molar-refractivity contribution in [3.63, 3.8) is 0 Å². The first kappa shape index (κ1) is 16.9. The van der Waals surface area contributed by atoms with Gasteiger partial charge >= 0.3 is 6.03 Å². The first-order valence-corrected chi connectivity index (χ1v) is 7.47. The van der Waals surface area contributed by atoms with Crippen molar-refractivity contribution < 1.29 is 19.1 Å². The van der Waals surface area contributed by atoms with Crippen LogP contribution in [0.5, 0.6) is 5.75 Å². The maximum Gasteiger partial charge on any atom is 0.315 e. The lowest BCUT2D eigenvalue weighted by atomic mass is 10.1. The molecule has 1 heterocycles. The summed E-state index contributed by atoms with van der Waals surface area (Å²) in [6.45, 7) is 2.23. The standard InChI is InChI=1S/C17H22N2O4/c1-12(9-15(20)16-7-4-8-23-16)19-17(21)18-11-13-5-3-6-14(10-13)22-2/h3-8,10,12,15,20H,9,11H2,1-2H3,(H2,18,19,21). The largest absolute Gasteiger partial charge is 0.497 e. The maximum atomic E-state index is 11.9. The van der Waals surface area contributed by atoms with Gasteiger partial charge in [-0.1, -0.05) is 12.1 Å². The number of rotatable bonds is 7. The lowest BCUT2D eigenvalue weighted by Crippen LogP contribution is -2.41. The quantitative estimate of drug-likeness (QED) is 0.733. The Balaban J connectivity index is 1.75. The molecule has 6 heteroatoms. The average molecular weight is 318 g/mol. The third kappa shape index (κ3) is 5.34. The van der Waals surface area contributed by atoms with E-state index in [0.717, 1.165) is 11.3 Å². The van der Waals surface area contributed by atoms with Crippen molar-refractivity contribution in [3.8, 4) is 5.75 Å². The summed E-state index contributed by atoms with van der Waals surface area (Å²) < 4.78 is 10.3. The predicted octanol–water partition coefficient (Wildman–Crippen LogP) is 2.60. The van der Waals surface area contributed by atoms with Gasteiger partial charge in [-0.25, -0.2) is 4.79 Å². The summed E-state index contributed by atoms with van der Waals surface area (Å²) in [6, 6.07) is 10.4. The van der Waals surface area contributed by atoms with E-state index in [4.69, 9.17) is 9.15 Å². The van der Waals surface area contributed by atoms with Crippen LogP contribution in [0.15, 0.2) is 47.1 Å². The Morgan fingerprint density at radius 3 is 2.87 bits per heavy atom. The number of hydrogen-bond donors (Lipinski definition) is 3. The molecule has 1 aromatic carbocycles. The number of nitrogens with one attached hydrogen (secondary N) is 2. The molecule has 6 nitrogen and oxygen atoms in total. The number of urea groups is 1. The number of carbonyl (C=O) groups excluding carboxylic acids is 1. The maximum absolute atomic E-state index is 11.9. The van der Waals surface area contributed by atoms with E-state index >= 15 is 0 Å². The van der Waals surface area contributed by atoms with Crippen LogP contribution in [0.2, 0.25) is 0 Å². The van der Waals surface area contributed by atoms with Gasteiger partial charge < -0.3 is 24.9 Å². The fourth-order valence-electron chi connectivity index (χ4n) is 2.23. The van der Waals surface area contributed by atoms with E-state index in [1.54, 1.807) is 19.2 Å². The van der Waals surface area contributed by atoms with Crippen LogP contribution in [0.3, 0.4) is 0 Å². The molecule has 1 aromatic heterocycles. The molecule has 0 saturated carbocycles. The number of aliphatic hydroxyl groups is 1. The second-order valence-electron chi connectivity index (χ2n) is 5.35. The molecule has 0 bridgehead atoms. The van der Waals surface area contributed by atoms with Gasteiger partial charge in [0.25, 0.3) is 0 Å². The Morgan fingerprint density at radius 2 is 2.17 bits per heavy atom. The van der Waals surface area contributed by atoms with E-state index in [2.05, 4.69) is 10.6 Å². The normalized spacial score (nSPS) is 13.2. The van der Waals surface area contributed by atoms with Crippen molar-refractivity contribution in [1.29, 1.82) is 0 Å². The van der Waals surface area contributed by atoms with Gasteiger partial charge in [0.2, 0.25) is 0 Å². The third-order valence-electron chi connectivity index (χ3n) is 3.41. The monoisotopic (exact) mass is 318 g/mol. The second-order valence-corrected chi connectivity index (χ2v) is 5.35. The minimum absolute atomic E-state index is 0.194. The minimum atomic E-state index is -0.737. The molecule has 2 aromatic rings. The molecular weight excluding hydrogens is 296 g/mol. The van der Waals surface area contributed by atoms with Crippen LogP contribution >= 0.6 is 0 Å². The lowest BCUT2D eigenvalue weighted by molar-refractivity contribution is 0.129. The molecule has 2 unspecified atom stereocenters. The molecule has 23 heavy (non-hydrogen) atoms. The van der Waals surface area contributed by atoms with Gasteiger partial charge in [0.15, 0.2) is 0 Å². The highest BCUT2D eigenvalue weighted by molar-refractivity contribution is 5.74. The Hall–Kier alpha value is -2.47. The number of benzene rings is 1. The summed E-state index contributed by atoms with van der Waals surface area (Å²) in [5.41, 5.74) is 0.947. The van der Waals surface area contributed by atoms with Crippen molar-refractivity contribution >= 4 is 6.03 Å². The SMILES string of the molecule is COc1cccc(CNC(=O)NC(C)CC(O)c2ccco2)c1. The summed E-state index contributed by atoms with van der Waals surface area (Å²) in [4.78, 5) is 11.9. The van der Waals surface area contributed by atoms with Crippen LogP contribution in [0.4, 0.5) is 4.79 Å². The van der Waals surface area contributed by atoms with Gasteiger partial charge in [0, 0.05) is 19.0 Å². The van der Waals surface area contributed by atoms with Crippen molar-refractivity contribution in [1.82, 2.24) is 10.6 Å². The molecule has 0 fully saturated rings. The Morgan fingerprint density at radius 1 is 1.35 bits per heavy atom. The highest BCUT2D eigenvalue weighted by Gasteiger charge is 2.16. The number of hydrogen-bond acceptors (Lipinski definition) is 4. The average Bonchev–Trinajstić information content (AvgIpc) is 3.07. The Bertz CT molecular complexity index is 613.